The van der Waals surface area contributed by atoms with Crippen molar-refractivity contribution in [3.05, 3.63) is 65.2 Å². The zero-order valence-electron chi connectivity index (χ0n) is 15.7. The van der Waals surface area contributed by atoms with Gasteiger partial charge in [0, 0.05) is 12.1 Å². The predicted molar refractivity (Wildman–Crippen MR) is 106 cm³/mol. The molecule has 0 unspecified atom stereocenters. The molecular formula is C21H26N2O3S. The Labute approximate surface area is 161 Å². The highest BCUT2D eigenvalue weighted by molar-refractivity contribution is 7.89. The van der Waals surface area contributed by atoms with E-state index in [1.165, 1.54) is 17.7 Å². The van der Waals surface area contributed by atoms with E-state index in [1.54, 1.807) is 12.1 Å². The van der Waals surface area contributed by atoms with Crippen LogP contribution in [0.4, 0.5) is 0 Å². The molecule has 0 fully saturated rings. The fourth-order valence-electron chi connectivity index (χ4n) is 3.31. The Morgan fingerprint density at radius 1 is 1.15 bits per heavy atom. The molecule has 0 spiro atoms. The van der Waals surface area contributed by atoms with Gasteiger partial charge in [0.05, 0.1) is 10.9 Å². The first-order valence-corrected chi connectivity index (χ1v) is 10.8. The summed E-state index contributed by atoms with van der Waals surface area (Å²) in [6, 6.07) is 14.3. The van der Waals surface area contributed by atoms with Gasteiger partial charge >= 0.3 is 0 Å². The van der Waals surface area contributed by atoms with Gasteiger partial charge in [0.2, 0.25) is 10.0 Å². The van der Waals surface area contributed by atoms with Gasteiger partial charge in [-0.3, -0.25) is 4.79 Å². The van der Waals surface area contributed by atoms with Gasteiger partial charge in [-0.1, -0.05) is 44.2 Å². The van der Waals surface area contributed by atoms with Crippen molar-refractivity contribution < 1.29 is 13.2 Å². The number of rotatable bonds is 6. The van der Waals surface area contributed by atoms with Gasteiger partial charge in [0.1, 0.15) is 0 Å². The summed E-state index contributed by atoms with van der Waals surface area (Å²) in [6.07, 6.45) is 2.93. The molecule has 5 nitrogen and oxygen atoms in total. The van der Waals surface area contributed by atoms with Crippen LogP contribution in [0.5, 0.6) is 0 Å². The average molecular weight is 387 g/mol. The molecule has 1 aliphatic carbocycles. The van der Waals surface area contributed by atoms with Crippen LogP contribution in [-0.4, -0.2) is 20.9 Å². The molecule has 0 heterocycles. The Balaban J connectivity index is 1.77. The molecule has 0 bridgehead atoms. The van der Waals surface area contributed by atoms with Gasteiger partial charge in [-0.2, -0.15) is 0 Å². The molecule has 0 saturated heterocycles. The molecule has 6 heteroatoms. The molecule has 2 aromatic carbocycles. The normalized spacial score (nSPS) is 16.8. The van der Waals surface area contributed by atoms with Crippen LogP contribution in [0.25, 0.3) is 0 Å². The number of aryl methyl sites for hydroxylation is 1. The Morgan fingerprint density at radius 3 is 2.70 bits per heavy atom. The van der Waals surface area contributed by atoms with E-state index in [0.717, 1.165) is 24.8 Å². The number of hydrogen-bond acceptors (Lipinski definition) is 3. The number of amides is 1. The van der Waals surface area contributed by atoms with Crippen LogP contribution in [0.3, 0.4) is 0 Å². The maximum Gasteiger partial charge on any atom is 0.251 e. The Kier molecular flexibility index (Phi) is 5.97. The van der Waals surface area contributed by atoms with Gasteiger partial charge in [-0.25, -0.2) is 13.1 Å². The van der Waals surface area contributed by atoms with Crippen molar-refractivity contribution in [3.8, 4) is 0 Å². The monoisotopic (exact) mass is 386 g/mol. The molecule has 1 amide bonds. The van der Waals surface area contributed by atoms with Crippen molar-refractivity contribution in [1.82, 2.24) is 10.0 Å². The topological polar surface area (TPSA) is 75.3 Å². The highest BCUT2D eigenvalue weighted by Crippen LogP contribution is 2.29. The van der Waals surface area contributed by atoms with E-state index in [1.807, 2.05) is 26.0 Å². The smallest absolute Gasteiger partial charge is 0.251 e. The summed E-state index contributed by atoms with van der Waals surface area (Å²) in [6.45, 7) is 4.24. The van der Waals surface area contributed by atoms with Crippen molar-refractivity contribution in [2.75, 3.05) is 6.54 Å². The lowest BCUT2D eigenvalue weighted by Crippen LogP contribution is -2.31. The minimum atomic E-state index is -3.62. The van der Waals surface area contributed by atoms with Crippen molar-refractivity contribution in [2.45, 2.75) is 44.0 Å². The van der Waals surface area contributed by atoms with Crippen LogP contribution in [0.15, 0.2) is 53.4 Å². The molecule has 0 saturated carbocycles. The van der Waals surface area contributed by atoms with Gasteiger partial charge in [-0.05, 0) is 54.5 Å². The van der Waals surface area contributed by atoms with E-state index in [2.05, 4.69) is 22.2 Å². The fourth-order valence-corrected chi connectivity index (χ4v) is 4.57. The van der Waals surface area contributed by atoms with Crippen LogP contribution in [-0.2, 0) is 16.4 Å². The highest BCUT2D eigenvalue weighted by Gasteiger charge is 2.23. The predicted octanol–water partition coefficient (Wildman–Crippen LogP) is 3.43. The van der Waals surface area contributed by atoms with E-state index in [4.69, 9.17) is 0 Å². The summed E-state index contributed by atoms with van der Waals surface area (Å²) in [4.78, 5) is 12.9. The number of fused-ring (bicyclic) bond motifs is 1. The third-order valence-corrected chi connectivity index (χ3v) is 6.18. The summed E-state index contributed by atoms with van der Waals surface area (Å²) < 4.78 is 27.4. The zero-order chi connectivity index (χ0) is 19.4. The molecule has 27 heavy (non-hydrogen) atoms. The van der Waals surface area contributed by atoms with Crippen molar-refractivity contribution in [3.63, 3.8) is 0 Å². The van der Waals surface area contributed by atoms with E-state index in [0.29, 0.717) is 12.1 Å². The minimum absolute atomic E-state index is 0.0400. The largest absolute Gasteiger partial charge is 0.345 e. The maximum absolute atomic E-state index is 12.7. The standard InChI is InChI=1S/C21H26N2O3S/c1-15(2)14-22-27(25,26)18-10-5-9-17(13-18)21(24)23-20-12-6-8-16-7-3-4-11-19(16)20/h3-5,7,9-11,13,15,20,22H,6,8,12,14H2,1-2H3,(H,23,24)/t20-/m1/s1. The lowest BCUT2D eigenvalue weighted by atomic mass is 9.87. The number of nitrogens with one attached hydrogen (secondary N) is 2. The molecule has 2 N–H and O–H groups in total. The highest BCUT2D eigenvalue weighted by atomic mass is 32.2. The molecular weight excluding hydrogens is 360 g/mol. The van der Waals surface area contributed by atoms with Crippen LogP contribution >= 0.6 is 0 Å². The number of benzene rings is 2. The van der Waals surface area contributed by atoms with E-state index in [-0.39, 0.29) is 22.8 Å². The van der Waals surface area contributed by atoms with Gasteiger partial charge in [0.15, 0.2) is 0 Å². The van der Waals surface area contributed by atoms with E-state index in [9.17, 15) is 13.2 Å². The molecule has 3 rings (SSSR count). The third kappa shape index (κ3) is 4.76. The quantitative estimate of drug-likeness (QED) is 0.799. The Hall–Kier alpha value is -2.18. The Morgan fingerprint density at radius 2 is 1.93 bits per heavy atom. The van der Waals surface area contributed by atoms with Crippen molar-refractivity contribution in [2.24, 2.45) is 5.92 Å². The SMILES string of the molecule is CC(C)CNS(=O)(=O)c1cccc(C(=O)N[C@@H]2CCCc3ccccc32)c1. The molecule has 2 aromatic rings. The number of hydrogen-bond donors (Lipinski definition) is 2. The lowest BCUT2D eigenvalue weighted by Gasteiger charge is -2.26. The first-order chi connectivity index (χ1) is 12.9. The van der Waals surface area contributed by atoms with Gasteiger partial charge in [-0.15, -0.1) is 0 Å². The minimum Gasteiger partial charge on any atom is -0.345 e. The molecule has 144 valence electrons. The first kappa shape index (κ1) is 19.6. The van der Waals surface area contributed by atoms with Crippen LogP contribution < -0.4 is 10.0 Å². The molecule has 1 atom stereocenters. The Bertz CT molecular complexity index is 923. The van der Waals surface area contributed by atoms with E-state index >= 15 is 0 Å². The summed E-state index contributed by atoms with van der Waals surface area (Å²) in [5, 5.41) is 3.07. The first-order valence-electron chi connectivity index (χ1n) is 9.35. The fraction of sp³-hybridized carbons (Fsp3) is 0.381. The second-order valence-corrected chi connectivity index (χ2v) is 9.16. The zero-order valence-corrected chi connectivity index (χ0v) is 16.6. The number of sulfonamides is 1. The van der Waals surface area contributed by atoms with E-state index < -0.39 is 10.0 Å². The van der Waals surface area contributed by atoms with Gasteiger partial charge in [0.25, 0.3) is 5.91 Å². The van der Waals surface area contributed by atoms with Crippen LogP contribution in [0, 0.1) is 5.92 Å². The molecule has 0 aliphatic heterocycles. The van der Waals surface area contributed by atoms with Gasteiger partial charge < -0.3 is 5.32 Å². The van der Waals surface area contributed by atoms with Crippen molar-refractivity contribution in [1.29, 1.82) is 0 Å². The van der Waals surface area contributed by atoms with Crippen LogP contribution in [0.2, 0.25) is 0 Å². The maximum atomic E-state index is 12.7. The van der Waals surface area contributed by atoms with Crippen molar-refractivity contribution >= 4 is 15.9 Å². The summed E-state index contributed by atoms with van der Waals surface area (Å²) >= 11 is 0. The summed E-state index contributed by atoms with van der Waals surface area (Å²) in [7, 11) is -3.62. The average Bonchev–Trinajstić information content (AvgIpc) is 2.67. The second kappa shape index (κ2) is 8.23. The lowest BCUT2D eigenvalue weighted by molar-refractivity contribution is 0.0932. The molecule has 0 aromatic heterocycles. The number of carbonyl (C=O) groups is 1. The summed E-state index contributed by atoms with van der Waals surface area (Å²) in [5.74, 6) is -0.0461. The second-order valence-electron chi connectivity index (χ2n) is 7.39. The summed E-state index contributed by atoms with van der Waals surface area (Å²) in [5.41, 5.74) is 2.77. The molecule has 1 aliphatic rings. The molecule has 0 radical (unpaired) electrons. The third-order valence-electron chi connectivity index (χ3n) is 4.76. The number of carbonyl (C=O) groups excluding carboxylic acids is 1. The van der Waals surface area contributed by atoms with Crippen LogP contribution in [0.1, 0.15) is 54.2 Å².